The van der Waals surface area contributed by atoms with Crippen molar-refractivity contribution in [2.45, 2.75) is 10.9 Å². The second-order valence-corrected chi connectivity index (χ2v) is 6.11. The van der Waals surface area contributed by atoms with E-state index in [1.165, 1.54) is 23.9 Å². The number of halogens is 1. The Labute approximate surface area is 142 Å². The molecule has 2 heterocycles. The molecule has 1 amide bonds. The predicted octanol–water partition coefficient (Wildman–Crippen LogP) is 3.11. The van der Waals surface area contributed by atoms with E-state index in [-0.39, 0.29) is 23.5 Å². The number of benzene rings is 1. The molecule has 0 radical (unpaired) electrons. The van der Waals surface area contributed by atoms with Crippen LogP contribution in [-0.4, -0.2) is 28.0 Å². The molecule has 0 saturated heterocycles. The van der Waals surface area contributed by atoms with Crippen LogP contribution in [0.4, 0.5) is 4.39 Å². The fraction of sp³-hybridized carbons (Fsp3) is 0.176. The van der Waals surface area contributed by atoms with Crippen LogP contribution in [0.2, 0.25) is 0 Å². The highest BCUT2D eigenvalue weighted by molar-refractivity contribution is 8.00. The Balaban J connectivity index is 1.54. The molecule has 3 rings (SSSR count). The molecule has 7 heteroatoms. The smallest absolute Gasteiger partial charge is 0.230 e. The maximum absolute atomic E-state index is 12.9. The molecule has 1 unspecified atom stereocenters. The summed E-state index contributed by atoms with van der Waals surface area (Å²) in [6.07, 6.45) is 5.10. The Hall–Kier alpha value is -2.54. The Morgan fingerprint density at radius 2 is 2.12 bits per heavy atom. The average Bonchev–Trinajstić information content (AvgIpc) is 3.29. The largest absolute Gasteiger partial charge is 0.467 e. The number of rotatable bonds is 7. The van der Waals surface area contributed by atoms with Gasteiger partial charge < -0.3 is 9.73 Å². The van der Waals surface area contributed by atoms with Crippen molar-refractivity contribution in [3.8, 4) is 0 Å². The molecule has 5 nitrogen and oxygen atoms in total. The molecule has 0 aliphatic rings. The lowest BCUT2D eigenvalue weighted by Gasteiger charge is -2.16. The number of carbonyl (C=O) groups is 1. The summed E-state index contributed by atoms with van der Waals surface area (Å²) >= 11 is 1.36. The molecule has 0 aliphatic carbocycles. The highest BCUT2D eigenvalue weighted by Crippen LogP contribution is 2.19. The van der Waals surface area contributed by atoms with Crippen molar-refractivity contribution >= 4 is 17.7 Å². The van der Waals surface area contributed by atoms with Crippen LogP contribution in [0.15, 0.2) is 70.4 Å². The molecule has 1 N–H and O–H groups in total. The molecule has 1 atom stereocenters. The molecule has 0 bridgehead atoms. The summed E-state index contributed by atoms with van der Waals surface area (Å²) in [6.45, 7) is 0.373. The lowest BCUT2D eigenvalue weighted by molar-refractivity contribution is -0.118. The monoisotopic (exact) mass is 345 g/mol. The van der Waals surface area contributed by atoms with E-state index in [0.29, 0.717) is 6.54 Å². The minimum absolute atomic E-state index is 0.104. The van der Waals surface area contributed by atoms with Gasteiger partial charge >= 0.3 is 0 Å². The van der Waals surface area contributed by atoms with Gasteiger partial charge in [0.2, 0.25) is 5.91 Å². The Morgan fingerprint density at radius 1 is 1.29 bits per heavy atom. The van der Waals surface area contributed by atoms with Crippen LogP contribution in [0.5, 0.6) is 0 Å². The van der Waals surface area contributed by atoms with Gasteiger partial charge in [0.05, 0.1) is 12.0 Å². The lowest BCUT2D eigenvalue weighted by Crippen LogP contribution is -2.32. The van der Waals surface area contributed by atoms with E-state index in [2.05, 4.69) is 10.4 Å². The molecule has 2 aromatic heterocycles. The normalized spacial score (nSPS) is 12.0. The number of furan rings is 1. The minimum Gasteiger partial charge on any atom is -0.467 e. The van der Waals surface area contributed by atoms with Gasteiger partial charge in [-0.3, -0.25) is 9.48 Å². The number of hydrogen-bond acceptors (Lipinski definition) is 4. The summed E-state index contributed by atoms with van der Waals surface area (Å²) in [6, 6.07) is 11.3. The number of nitrogens with zero attached hydrogens (tertiary/aromatic N) is 2. The summed E-state index contributed by atoms with van der Waals surface area (Å²) in [5.41, 5.74) is 0. The van der Waals surface area contributed by atoms with Crippen LogP contribution in [0.1, 0.15) is 11.8 Å². The Bertz CT molecular complexity index is 724. The highest BCUT2D eigenvalue weighted by Gasteiger charge is 2.17. The van der Waals surface area contributed by atoms with Crippen molar-refractivity contribution in [3.63, 3.8) is 0 Å². The van der Waals surface area contributed by atoms with Gasteiger partial charge in [-0.25, -0.2) is 4.39 Å². The molecular weight excluding hydrogens is 329 g/mol. The van der Waals surface area contributed by atoms with E-state index in [9.17, 15) is 9.18 Å². The molecule has 1 aromatic carbocycles. The molecule has 3 aromatic rings. The topological polar surface area (TPSA) is 60.1 Å². The van der Waals surface area contributed by atoms with Gasteiger partial charge in [-0.15, -0.1) is 11.8 Å². The van der Waals surface area contributed by atoms with Gasteiger partial charge in [0, 0.05) is 23.8 Å². The molecule has 124 valence electrons. The van der Waals surface area contributed by atoms with Crippen LogP contribution in [0.3, 0.4) is 0 Å². The first-order chi connectivity index (χ1) is 11.7. The van der Waals surface area contributed by atoms with Gasteiger partial charge in [-0.2, -0.15) is 5.10 Å². The third-order valence-corrected chi connectivity index (χ3v) is 4.40. The molecule has 0 aliphatic heterocycles. The first-order valence-corrected chi connectivity index (χ1v) is 8.38. The zero-order valence-corrected chi connectivity index (χ0v) is 13.6. The highest BCUT2D eigenvalue weighted by atomic mass is 32.2. The number of carbonyl (C=O) groups excluding carboxylic acids is 1. The second kappa shape index (κ2) is 7.83. The van der Waals surface area contributed by atoms with Gasteiger partial charge in [0.25, 0.3) is 0 Å². The summed E-state index contributed by atoms with van der Waals surface area (Å²) in [5.74, 6) is 0.595. The van der Waals surface area contributed by atoms with Crippen LogP contribution in [0, 0.1) is 5.82 Å². The number of nitrogens with one attached hydrogen (secondary N) is 1. The quantitative estimate of drug-likeness (QED) is 0.669. The molecule has 0 spiro atoms. The number of thioether (sulfide) groups is 1. The van der Waals surface area contributed by atoms with E-state index in [1.807, 2.05) is 18.3 Å². The summed E-state index contributed by atoms with van der Waals surface area (Å²) in [5, 5.41) is 7.10. The first-order valence-electron chi connectivity index (χ1n) is 7.40. The third-order valence-electron chi connectivity index (χ3n) is 3.39. The lowest BCUT2D eigenvalue weighted by atomic mass is 10.2. The van der Waals surface area contributed by atoms with Gasteiger partial charge in [-0.05, 0) is 42.5 Å². The maximum Gasteiger partial charge on any atom is 0.230 e. The maximum atomic E-state index is 12.9. The van der Waals surface area contributed by atoms with Crippen molar-refractivity contribution in [1.82, 2.24) is 15.1 Å². The van der Waals surface area contributed by atoms with Crippen LogP contribution < -0.4 is 5.32 Å². The Morgan fingerprint density at radius 3 is 2.79 bits per heavy atom. The number of hydrogen-bond donors (Lipinski definition) is 1. The molecule has 0 fully saturated rings. The van der Waals surface area contributed by atoms with Crippen LogP contribution in [0.25, 0.3) is 0 Å². The van der Waals surface area contributed by atoms with Crippen molar-refractivity contribution in [3.05, 3.63) is 72.7 Å². The predicted molar refractivity (Wildman–Crippen MR) is 89.2 cm³/mol. The number of amides is 1. The van der Waals surface area contributed by atoms with E-state index in [0.717, 1.165) is 10.7 Å². The number of aromatic nitrogens is 2. The van der Waals surface area contributed by atoms with E-state index in [1.54, 1.807) is 35.3 Å². The van der Waals surface area contributed by atoms with Crippen molar-refractivity contribution in [2.75, 3.05) is 12.3 Å². The minimum atomic E-state index is -0.288. The van der Waals surface area contributed by atoms with E-state index in [4.69, 9.17) is 4.42 Å². The third kappa shape index (κ3) is 4.26. The standard InChI is InChI=1S/C17H16FN3O2S/c18-13-4-6-14(7-5-13)24-12-17(22)19-11-15(16-3-1-10-23-16)21-9-2-8-20-21/h1-10,15H,11-12H2,(H,19,22). The average molecular weight is 345 g/mol. The zero-order valence-electron chi connectivity index (χ0n) is 12.8. The zero-order chi connectivity index (χ0) is 16.8. The molecule has 24 heavy (non-hydrogen) atoms. The summed E-state index contributed by atoms with van der Waals surface area (Å²) in [4.78, 5) is 12.9. The molecular formula is C17H16FN3O2S. The Kier molecular flexibility index (Phi) is 5.32. The van der Waals surface area contributed by atoms with Crippen molar-refractivity contribution in [2.24, 2.45) is 0 Å². The summed E-state index contributed by atoms with van der Waals surface area (Å²) in [7, 11) is 0. The van der Waals surface area contributed by atoms with E-state index < -0.39 is 0 Å². The van der Waals surface area contributed by atoms with Crippen molar-refractivity contribution in [1.29, 1.82) is 0 Å². The van der Waals surface area contributed by atoms with Gasteiger partial charge in [-0.1, -0.05) is 0 Å². The van der Waals surface area contributed by atoms with Crippen LogP contribution in [-0.2, 0) is 4.79 Å². The fourth-order valence-electron chi connectivity index (χ4n) is 2.21. The van der Waals surface area contributed by atoms with Crippen molar-refractivity contribution < 1.29 is 13.6 Å². The second-order valence-electron chi connectivity index (χ2n) is 5.06. The summed E-state index contributed by atoms with van der Waals surface area (Å²) < 4.78 is 20.0. The molecule has 0 saturated carbocycles. The van der Waals surface area contributed by atoms with Gasteiger partial charge in [0.15, 0.2) is 0 Å². The SMILES string of the molecule is O=C(CSc1ccc(F)cc1)NCC(c1ccco1)n1cccn1. The van der Waals surface area contributed by atoms with Gasteiger partial charge in [0.1, 0.15) is 17.6 Å². The fourth-order valence-corrected chi connectivity index (χ4v) is 2.94. The van der Waals surface area contributed by atoms with Crippen LogP contribution >= 0.6 is 11.8 Å². The first kappa shape index (κ1) is 16.3. The van der Waals surface area contributed by atoms with E-state index >= 15 is 0 Å².